The molecule has 56 valence electrons. The molecule has 0 saturated heterocycles. The molecule has 9 heavy (non-hydrogen) atoms. The third-order valence-corrected chi connectivity index (χ3v) is 2.88. The molecule has 0 bridgehead atoms. The molecule has 3 heteroatoms. The third kappa shape index (κ3) is 2.98. The van der Waals surface area contributed by atoms with Gasteiger partial charge >= 0.3 is 0 Å². The number of hydrogen-bond acceptors (Lipinski definition) is 2. The Morgan fingerprint density at radius 2 is 1.78 bits per heavy atom. The molecule has 0 fully saturated rings. The Morgan fingerprint density at radius 3 is 1.89 bits per heavy atom. The fourth-order valence-electron chi connectivity index (χ4n) is 0.742. The highest BCUT2D eigenvalue weighted by molar-refractivity contribution is 6.13. The van der Waals surface area contributed by atoms with E-state index < -0.39 is 0 Å². The second-order valence-corrected chi connectivity index (χ2v) is 3.82. The van der Waals surface area contributed by atoms with Crippen molar-refractivity contribution in [3.63, 3.8) is 0 Å². The first-order valence-corrected chi connectivity index (χ1v) is 4.29. The lowest BCUT2D eigenvalue weighted by Crippen LogP contribution is -2.33. The molecule has 0 saturated carbocycles. The van der Waals surface area contributed by atoms with Crippen molar-refractivity contribution in [1.82, 2.24) is 0 Å². The lowest BCUT2D eigenvalue weighted by Gasteiger charge is -2.25. The van der Waals surface area contributed by atoms with E-state index in [1.54, 1.807) is 14.2 Å². The zero-order valence-corrected chi connectivity index (χ0v) is 8.73. The first-order chi connectivity index (χ1) is 4.18. The summed E-state index contributed by atoms with van der Waals surface area (Å²) in [5.74, 6) is 0. The van der Waals surface area contributed by atoms with Crippen LogP contribution in [0.1, 0.15) is 19.8 Å². The van der Waals surface area contributed by atoms with Crippen LogP contribution in [0.15, 0.2) is 0 Å². The van der Waals surface area contributed by atoms with E-state index in [0.29, 0.717) is 0 Å². The molecule has 0 atom stereocenters. The maximum Gasteiger partial charge on any atom is 0.140 e. The van der Waals surface area contributed by atoms with Gasteiger partial charge in [-0.05, 0) is 6.42 Å². The Bertz CT molecular complexity index is 71.5. The maximum absolute atomic E-state index is 5.17. The SMILES string of the molecule is CCCC([SiH3])(OC)OC. The van der Waals surface area contributed by atoms with Gasteiger partial charge in [-0.1, -0.05) is 13.3 Å². The summed E-state index contributed by atoms with van der Waals surface area (Å²) >= 11 is 0. The zero-order chi connectivity index (χ0) is 7.33. The minimum absolute atomic E-state index is 0.227. The lowest BCUT2D eigenvalue weighted by molar-refractivity contribution is -0.145. The van der Waals surface area contributed by atoms with E-state index in [2.05, 4.69) is 6.92 Å². The van der Waals surface area contributed by atoms with Gasteiger partial charge in [0.15, 0.2) is 0 Å². The first-order valence-electron chi connectivity index (χ1n) is 3.29. The monoisotopic (exact) mass is 148 g/mol. The molecule has 0 unspecified atom stereocenters. The van der Waals surface area contributed by atoms with Crippen LogP contribution in [0.25, 0.3) is 0 Å². The highest BCUT2D eigenvalue weighted by Gasteiger charge is 2.19. The number of hydrogen-bond donors (Lipinski definition) is 0. The fourth-order valence-corrected chi connectivity index (χ4v) is 1.24. The van der Waals surface area contributed by atoms with Gasteiger partial charge in [-0.2, -0.15) is 0 Å². The Balaban J connectivity index is 3.62. The van der Waals surface area contributed by atoms with E-state index in [0.717, 1.165) is 23.1 Å². The van der Waals surface area contributed by atoms with Gasteiger partial charge in [0.2, 0.25) is 0 Å². The van der Waals surface area contributed by atoms with Gasteiger partial charge in [0, 0.05) is 14.2 Å². The molecular weight excluding hydrogens is 132 g/mol. The molecule has 2 nitrogen and oxygen atoms in total. The molecule has 0 aliphatic rings. The highest BCUT2D eigenvalue weighted by atomic mass is 28.1. The average molecular weight is 148 g/mol. The van der Waals surface area contributed by atoms with Crippen LogP contribution in [0.3, 0.4) is 0 Å². The van der Waals surface area contributed by atoms with Crippen LogP contribution in [0.2, 0.25) is 0 Å². The predicted molar refractivity (Wildman–Crippen MR) is 41.6 cm³/mol. The largest absolute Gasteiger partial charge is 0.358 e. The molecule has 0 heterocycles. The summed E-state index contributed by atoms with van der Waals surface area (Å²) in [7, 11) is 4.34. The molecule has 0 N–H and O–H groups in total. The Kier molecular flexibility index (Phi) is 4.09. The number of methoxy groups -OCH3 is 2. The fraction of sp³-hybridized carbons (Fsp3) is 1.00. The standard InChI is InChI=1S/C6H16O2Si/c1-4-5-6(9,7-2)8-3/h4-5H2,1-3,9H3. The normalized spacial score (nSPS) is 12.3. The first kappa shape index (κ1) is 9.14. The van der Waals surface area contributed by atoms with E-state index in [4.69, 9.17) is 9.47 Å². The number of rotatable bonds is 4. The summed E-state index contributed by atoms with van der Waals surface area (Å²) in [5, 5.41) is 0. The van der Waals surface area contributed by atoms with Gasteiger partial charge < -0.3 is 9.47 Å². The van der Waals surface area contributed by atoms with E-state index >= 15 is 0 Å². The smallest absolute Gasteiger partial charge is 0.140 e. The van der Waals surface area contributed by atoms with Crippen molar-refractivity contribution in [1.29, 1.82) is 0 Å². The minimum Gasteiger partial charge on any atom is -0.358 e. The molecule has 0 spiro atoms. The molecule has 0 amide bonds. The molecule has 0 aromatic rings. The molecule has 0 rings (SSSR count). The summed E-state index contributed by atoms with van der Waals surface area (Å²) in [5.41, 5.74) is -0.227. The molecule has 0 aromatic heterocycles. The molecular formula is C6H16O2Si. The van der Waals surface area contributed by atoms with E-state index in [1.807, 2.05) is 0 Å². The van der Waals surface area contributed by atoms with Crippen molar-refractivity contribution in [2.45, 2.75) is 25.2 Å². The summed E-state index contributed by atoms with van der Waals surface area (Å²) in [6.45, 7) is 2.13. The Hall–Kier alpha value is 0.137. The third-order valence-electron chi connectivity index (χ3n) is 1.57. The summed E-state index contributed by atoms with van der Waals surface area (Å²) in [6.07, 6.45) is 2.12. The van der Waals surface area contributed by atoms with Gasteiger partial charge in [-0.15, -0.1) is 0 Å². The van der Waals surface area contributed by atoms with Crippen LogP contribution >= 0.6 is 0 Å². The van der Waals surface area contributed by atoms with E-state index in [-0.39, 0.29) is 5.41 Å². The summed E-state index contributed by atoms with van der Waals surface area (Å²) in [6, 6.07) is 0. The highest BCUT2D eigenvalue weighted by Crippen LogP contribution is 2.12. The van der Waals surface area contributed by atoms with Crippen LogP contribution in [0.5, 0.6) is 0 Å². The number of ether oxygens (including phenoxy) is 2. The molecule has 0 aliphatic carbocycles. The molecule has 0 aliphatic heterocycles. The predicted octanol–water partition coefficient (Wildman–Crippen LogP) is 0.0985. The minimum atomic E-state index is -0.227. The zero-order valence-electron chi connectivity index (χ0n) is 6.73. The Morgan fingerprint density at radius 1 is 1.33 bits per heavy atom. The van der Waals surface area contributed by atoms with E-state index in [9.17, 15) is 0 Å². The summed E-state index contributed by atoms with van der Waals surface area (Å²) in [4.78, 5) is 0. The molecule has 0 radical (unpaired) electrons. The van der Waals surface area contributed by atoms with Crippen molar-refractivity contribution in [3.8, 4) is 0 Å². The van der Waals surface area contributed by atoms with Crippen LogP contribution in [-0.2, 0) is 9.47 Å². The van der Waals surface area contributed by atoms with E-state index in [1.165, 1.54) is 0 Å². The quantitative estimate of drug-likeness (QED) is 0.416. The maximum atomic E-state index is 5.17. The van der Waals surface area contributed by atoms with Gasteiger partial charge in [0.1, 0.15) is 5.41 Å². The van der Waals surface area contributed by atoms with Gasteiger partial charge in [-0.25, -0.2) is 0 Å². The van der Waals surface area contributed by atoms with Crippen LogP contribution in [0.4, 0.5) is 0 Å². The summed E-state index contributed by atoms with van der Waals surface area (Å²) < 4.78 is 10.3. The van der Waals surface area contributed by atoms with Gasteiger partial charge in [-0.3, -0.25) is 0 Å². The van der Waals surface area contributed by atoms with Crippen molar-refractivity contribution >= 4 is 10.2 Å². The second-order valence-electron chi connectivity index (χ2n) is 2.29. The van der Waals surface area contributed by atoms with Crippen molar-refractivity contribution < 1.29 is 9.47 Å². The Labute approximate surface area is 60.0 Å². The second kappa shape index (κ2) is 4.03. The lowest BCUT2D eigenvalue weighted by atomic mass is 10.3. The van der Waals surface area contributed by atoms with Crippen LogP contribution < -0.4 is 0 Å². The average Bonchev–Trinajstić information content (AvgIpc) is 1.89. The molecule has 0 aromatic carbocycles. The van der Waals surface area contributed by atoms with Crippen LogP contribution in [0, 0.1) is 0 Å². The van der Waals surface area contributed by atoms with Crippen molar-refractivity contribution in [2.24, 2.45) is 0 Å². The topological polar surface area (TPSA) is 18.5 Å². The van der Waals surface area contributed by atoms with Crippen molar-refractivity contribution in [2.75, 3.05) is 14.2 Å². The van der Waals surface area contributed by atoms with Gasteiger partial charge in [0.25, 0.3) is 0 Å². The van der Waals surface area contributed by atoms with Crippen LogP contribution in [-0.4, -0.2) is 29.9 Å². The van der Waals surface area contributed by atoms with Crippen molar-refractivity contribution in [3.05, 3.63) is 0 Å². The van der Waals surface area contributed by atoms with Gasteiger partial charge in [0.05, 0.1) is 10.2 Å².